The van der Waals surface area contributed by atoms with E-state index in [1.54, 1.807) is 0 Å². The third-order valence-corrected chi connectivity index (χ3v) is 4.01. The maximum atomic E-state index is 13.1. The number of anilines is 1. The standard InChI is InChI=1S/C16H24F2N4O2/c1-20-3-5-22(6-4-20)11-15(23)10-21(2)16(24)19-14-8-12(17)7-13(18)9-14/h7-9,15,23H,3-6,10-11H2,1-2H3,(H,19,24)/t15-/m1/s1. The van der Waals surface area contributed by atoms with Crippen LogP contribution in [0.1, 0.15) is 0 Å². The Hall–Kier alpha value is -1.77. The molecule has 0 aromatic heterocycles. The van der Waals surface area contributed by atoms with Crippen molar-refractivity contribution in [3.8, 4) is 0 Å². The van der Waals surface area contributed by atoms with Gasteiger partial charge in [0.2, 0.25) is 0 Å². The molecule has 0 radical (unpaired) electrons. The number of rotatable bonds is 5. The second-order valence-electron chi connectivity index (χ2n) is 6.23. The maximum Gasteiger partial charge on any atom is 0.321 e. The Morgan fingerprint density at radius 2 is 1.83 bits per heavy atom. The average molecular weight is 342 g/mol. The number of amides is 2. The van der Waals surface area contributed by atoms with E-state index in [4.69, 9.17) is 0 Å². The predicted octanol–water partition coefficient (Wildman–Crippen LogP) is 1.04. The zero-order valence-electron chi connectivity index (χ0n) is 14.0. The van der Waals surface area contributed by atoms with Crippen LogP contribution >= 0.6 is 0 Å². The first-order valence-electron chi connectivity index (χ1n) is 7.90. The molecule has 24 heavy (non-hydrogen) atoms. The van der Waals surface area contributed by atoms with Gasteiger partial charge in [-0.3, -0.25) is 4.90 Å². The fraction of sp³-hybridized carbons (Fsp3) is 0.562. The number of likely N-dealkylation sites (N-methyl/N-ethyl adjacent to an activating group) is 2. The van der Waals surface area contributed by atoms with Crippen LogP contribution in [0.3, 0.4) is 0 Å². The number of aliphatic hydroxyl groups is 1. The van der Waals surface area contributed by atoms with E-state index in [1.165, 1.54) is 11.9 Å². The van der Waals surface area contributed by atoms with Crippen molar-refractivity contribution in [1.82, 2.24) is 14.7 Å². The van der Waals surface area contributed by atoms with Gasteiger partial charge in [0.25, 0.3) is 0 Å². The van der Waals surface area contributed by atoms with Gasteiger partial charge in [0.05, 0.1) is 6.10 Å². The number of piperazine rings is 1. The van der Waals surface area contributed by atoms with Gasteiger partial charge in [-0.25, -0.2) is 13.6 Å². The number of halogens is 2. The van der Waals surface area contributed by atoms with Crippen LogP contribution in [0.2, 0.25) is 0 Å². The molecule has 2 rings (SSSR count). The van der Waals surface area contributed by atoms with Crippen molar-refractivity contribution >= 4 is 11.7 Å². The quantitative estimate of drug-likeness (QED) is 0.839. The van der Waals surface area contributed by atoms with Crippen molar-refractivity contribution in [2.45, 2.75) is 6.10 Å². The van der Waals surface area contributed by atoms with Crippen molar-refractivity contribution < 1.29 is 18.7 Å². The zero-order valence-corrected chi connectivity index (χ0v) is 14.0. The molecule has 1 fully saturated rings. The maximum absolute atomic E-state index is 13.1. The highest BCUT2D eigenvalue weighted by Crippen LogP contribution is 2.13. The number of aliphatic hydroxyl groups excluding tert-OH is 1. The summed E-state index contributed by atoms with van der Waals surface area (Å²) in [4.78, 5) is 17.7. The average Bonchev–Trinajstić information content (AvgIpc) is 2.48. The summed E-state index contributed by atoms with van der Waals surface area (Å²) < 4.78 is 26.2. The second kappa shape index (κ2) is 8.36. The minimum Gasteiger partial charge on any atom is -0.390 e. The highest BCUT2D eigenvalue weighted by atomic mass is 19.1. The first kappa shape index (κ1) is 18.6. The fourth-order valence-corrected chi connectivity index (χ4v) is 2.63. The van der Waals surface area contributed by atoms with Crippen LogP contribution < -0.4 is 5.32 Å². The van der Waals surface area contributed by atoms with Crippen LogP contribution in [-0.4, -0.2) is 85.3 Å². The van der Waals surface area contributed by atoms with E-state index in [1.807, 2.05) is 0 Å². The van der Waals surface area contributed by atoms with Crippen molar-refractivity contribution in [2.24, 2.45) is 0 Å². The molecule has 0 saturated carbocycles. The first-order chi connectivity index (χ1) is 11.3. The van der Waals surface area contributed by atoms with E-state index in [0.29, 0.717) is 6.54 Å². The lowest BCUT2D eigenvalue weighted by atomic mass is 10.2. The van der Waals surface area contributed by atoms with Crippen molar-refractivity contribution in [2.75, 3.05) is 58.7 Å². The zero-order chi connectivity index (χ0) is 17.7. The van der Waals surface area contributed by atoms with Gasteiger partial charge < -0.3 is 20.2 Å². The van der Waals surface area contributed by atoms with E-state index >= 15 is 0 Å². The minimum atomic E-state index is -0.761. The topological polar surface area (TPSA) is 59.1 Å². The molecule has 1 heterocycles. The van der Waals surface area contributed by atoms with Crippen LogP contribution in [-0.2, 0) is 0 Å². The van der Waals surface area contributed by atoms with Gasteiger partial charge in [0, 0.05) is 58.1 Å². The molecule has 6 nitrogen and oxygen atoms in total. The van der Waals surface area contributed by atoms with E-state index in [0.717, 1.165) is 44.4 Å². The van der Waals surface area contributed by atoms with Crippen LogP contribution in [0, 0.1) is 11.6 Å². The normalized spacial score (nSPS) is 17.5. The molecule has 1 aromatic rings. The molecule has 1 aliphatic heterocycles. The number of carbonyl (C=O) groups excluding carboxylic acids is 1. The van der Waals surface area contributed by atoms with E-state index in [9.17, 15) is 18.7 Å². The van der Waals surface area contributed by atoms with E-state index in [2.05, 4.69) is 22.2 Å². The van der Waals surface area contributed by atoms with Gasteiger partial charge in [0.1, 0.15) is 11.6 Å². The van der Waals surface area contributed by atoms with Crippen molar-refractivity contribution in [3.05, 3.63) is 29.8 Å². The second-order valence-corrected chi connectivity index (χ2v) is 6.23. The lowest BCUT2D eigenvalue weighted by Gasteiger charge is -2.34. The summed E-state index contributed by atoms with van der Waals surface area (Å²) in [6.07, 6.45) is -0.687. The van der Waals surface area contributed by atoms with Gasteiger partial charge in [-0.15, -0.1) is 0 Å². The Balaban J connectivity index is 1.80. The Labute approximate surface area is 140 Å². The molecular weight excluding hydrogens is 318 g/mol. The SMILES string of the molecule is CN1CCN(C[C@H](O)CN(C)C(=O)Nc2cc(F)cc(F)c2)CC1. The first-order valence-corrected chi connectivity index (χ1v) is 7.90. The lowest BCUT2D eigenvalue weighted by molar-refractivity contribution is 0.0670. The lowest BCUT2D eigenvalue weighted by Crippen LogP contribution is -2.49. The van der Waals surface area contributed by atoms with Crippen LogP contribution in [0.4, 0.5) is 19.3 Å². The number of β-amino-alcohol motifs (C(OH)–C–C–N with tert-alkyl or cyclic N) is 1. The van der Waals surface area contributed by atoms with Gasteiger partial charge in [-0.05, 0) is 19.2 Å². The fourth-order valence-electron chi connectivity index (χ4n) is 2.63. The number of hydrogen-bond donors (Lipinski definition) is 2. The summed E-state index contributed by atoms with van der Waals surface area (Å²) in [7, 11) is 3.58. The summed E-state index contributed by atoms with van der Waals surface area (Å²) in [6.45, 7) is 4.29. The highest BCUT2D eigenvalue weighted by Gasteiger charge is 2.19. The largest absolute Gasteiger partial charge is 0.390 e. The number of hydrogen-bond acceptors (Lipinski definition) is 4. The smallest absolute Gasteiger partial charge is 0.321 e. The molecule has 1 aromatic carbocycles. The molecule has 134 valence electrons. The van der Waals surface area contributed by atoms with Crippen molar-refractivity contribution in [1.29, 1.82) is 0 Å². The summed E-state index contributed by atoms with van der Waals surface area (Å²) in [6, 6.07) is 2.28. The minimum absolute atomic E-state index is 0.0397. The van der Waals surface area contributed by atoms with Gasteiger partial charge >= 0.3 is 6.03 Å². The molecule has 0 bridgehead atoms. The van der Waals surface area contributed by atoms with Gasteiger partial charge in [-0.2, -0.15) is 0 Å². The number of urea groups is 1. The predicted molar refractivity (Wildman–Crippen MR) is 88.0 cm³/mol. The molecule has 2 amide bonds. The monoisotopic (exact) mass is 342 g/mol. The molecule has 0 unspecified atom stereocenters. The summed E-state index contributed by atoms with van der Waals surface area (Å²) in [5.74, 6) is -1.52. The Morgan fingerprint density at radius 1 is 1.25 bits per heavy atom. The Kier molecular flexibility index (Phi) is 6.47. The Bertz CT molecular complexity index is 545. The molecule has 0 aliphatic carbocycles. The Morgan fingerprint density at radius 3 is 2.42 bits per heavy atom. The van der Waals surface area contributed by atoms with E-state index < -0.39 is 23.8 Å². The number of nitrogens with zero attached hydrogens (tertiary/aromatic N) is 3. The van der Waals surface area contributed by atoms with Gasteiger partial charge in [-0.1, -0.05) is 0 Å². The molecule has 2 N–H and O–H groups in total. The molecule has 1 saturated heterocycles. The summed E-state index contributed by atoms with van der Waals surface area (Å²) in [5, 5.41) is 12.6. The highest BCUT2D eigenvalue weighted by molar-refractivity contribution is 5.89. The summed E-state index contributed by atoms with van der Waals surface area (Å²) in [5.41, 5.74) is 0.0397. The van der Waals surface area contributed by atoms with Crippen LogP contribution in [0.5, 0.6) is 0 Å². The number of nitrogens with one attached hydrogen (secondary N) is 1. The van der Waals surface area contributed by atoms with Crippen LogP contribution in [0.15, 0.2) is 18.2 Å². The molecule has 8 heteroatoms. The van der Waals surface area contributed by atoms with Crippen LogP contribution in [0.25, 0.3) is 0 Å². The van der Waals surface area contributed by atoms with Crippen molar-refractivity contribution in [3.63, 3.8) is 0 Å². The molecule has 1 atom stereocenters. The number of carbonyl (C=O) groups is 1. The third-order valence-electron chi connectivity index (χ3n) is 4.01. The molecular formula is C16H24F2N4O2. The molecule has 1 aliphatic rings. The van der Waals surface area contributed by atoms with Gasteiger partial charge in [0.15, 0.2) is 0 Å². The third kappa shape index (κ3) is 5.70. The van der Waals surface area contributed by atoms with E-state index in [-0.39, 0.29) is 12.2 Å². The molecule has 0 spiro atoms. The summed E-state index contributed by atoms with van der Waals surface area (Å²) >= 11 is 0. The number of benzene rings is 1.